The summed E-state index contributed by atoms with van der Waals surface area (Å²) < 4.78 is 1.02. The molecule has 1 aliphatic rings. The highest BCUT2D eigenvalue weighted by Gasteiger charge is 2.33. The molecular weight excluding hydrogens is 458 g/mol. The third kappa shape index (κ3) is 3.64. The first kappa shape index (κ1) is 19.0. The van der Waals surface area contributed by atoms with Crippen LogP contribution < -0.4 is 5.01 Å². The van der Waals surface area contributed by atoms with Crippen molar-refractivity contribution in [2.24, 2.45) is 5.10 Å². The zero-order chi connectivity index (χ0) is 20.5. The Balaban J connectivity index is 1.56. The van der Waals surface area contributed by atoms with Gasteiger partial charge in [-0.2, -0.15) is 5.10 Å². The smallest absolute Gasteiger partial charge is 0.207 e. The van der Waals surface area contributed by atoms with Gasteiger partial charge in [-0.3, -0.25) is 0 Å². The van der Waals surface area contributed by atoms with Crippen LogP contribution in [0.2, 0.25) is 0 Å². The van der Waals surface area contributed by atoms with Gasteiger partial charge in [-0.25, -0.2) is 9.99 Å². The van der Waals surface area contributed by atoms with Gasteiger partial charge in [-0.1, -0.05) is 76.6 Å². The maximum Gasteiger partial charge on any atom is 0.207 e. The SMILES string of the molecule is Oc1ccccc1C1CC(c2ccccc2)=NN1c1nc(-c2cccc(Br)c2)cs1. The standard InChI is InChI=1S/C24H18BrN3OS/c25-18-10-6-9-17(13-18)21-15-30-24(26-21)28-22(19-11-4-5-12-23(19)29)14-20(27-28)16-7-2-1-3-8-16/h1-13,15,22,29H,14H2. The molecule has 1 aromatic heterocycles. The molecule has 5 rings (SSSR count). The largest absolute Gasteiger partial charge is 0.508 e. The van der Waals surface area contributed by atoms with Gasteiger partial charge in [0, 0.05) is 27.4 Å². The van der Waals surface area contributed by atoms with E-state index in [0.717, 1.165) is 37.7 Å². The lowest BCUT2D eigenvalue weighted by Crippen LogP contribution is -2.18. The van der Waals surface area contributed by atoms with Crippen LogP contribution in [-0.2, 0) is 0 Å². The van der Waals surface area contributed by atoms with E-state index in [4.69, 9.17) is 10.1 Å². The maximum absolute atomic E-state index is 10.5. The van der Waals surface area contributed by atoms with Crippen molar-refractivity contribution in [3.05, 3.63) is 99.8 Å². The van der Waals surface area contributed by atoms with Crippen LogP contribution in [0.1, 0.15) is 23.6 Å². The molecule has 1 atom stereocenters. The van der Waals surface area contributed by atoms with Gasteiger partial charge in [0.05, 0.1) is 17.4 Å². The molecule has 0 amide bonds. The Morgan fingerprint density at radius 3 is 2.50 bits per heavy atom. The number of phenolic OH excluding ortho intramolecular Hbond substituents is 1. The van der Waals surface area contributed by atoms with E-state index in [2.05, 4.69) is 39.5 Å². The third-order valence-electron chi connectivity index (χ3n) is 5.12. The Bertz CT molecular complexity index is 1220. The van der Waals surface area contributed by atoms with Crippen molar-refractivity contribution in [1.82, 2.24) is 4.98 Å². The molecule has 0 aliphatic carbocycles. The second kappa shape index (κ2) is 8.05. The molecule has 148 valence electrons. The number of para-hydroxylation sites is 1. The quantitative estimate of drug-likeness (QED) is 0.360. The van der Waals surface area contributed by atoms with E-state index in [9.17, 15) is 5.11 Å². The minimum absolute atomic E-state index is 0.108. The summed E-state index contributed by atoms with van der Waals surface area (Å²) in [5, 5.41) is 20.2. The molecule has 0 spiro atoms. The van der Waals surface area contributed by atoms with Crippen LogP contribution in [0.15, 0.2) is 93.8 Å². The summed E-state index contributed by atoms with van der Waals surface area (Å²) in [4.78, 5) is 4.87. The number of benzene rings is 3. The zero-order valence-electron chi connectivity index (χ0n) is 15.9. The van der Waals surface area contributed by atoms with Crippen molar-refractivity contribution in [3.8, 4) is 17.0 Å². The fraction of sp³-hybridized carbons (Fsp3) is 0.0833. The number of aromatic hydroxyl groups is 1. The van der Waals surface area contributed by atoms with Gasteiger partial charge < -0.3 is 5.11 Å². The van der Waals surface area contributed by atoms with Crippen molar-refractivity contribution in [2.75, 3.05) is 5.01 Å². The predicted molar refractivity (Wildman–Crippen MR) is 126 cm³/mol. The van der Waals surface area contributed by atoms with E-state index in [1.807, 2.05) is 59.6 Å². The van der Waals surface area contributed by atoms with Gasteiger partial charge in [0.15, 0.2) is 0 Å². The van der Waals surface area contributed by atoms with Crippen LogP contribution in [0.3, 0.4) is 0 Å². The average Bonchev–Trinajstić information content (AvgIpc) is 3.42. The normalized spacial score (nSPS) is 16.0. The number of halogens is 1. The first-order chi connectivity index (χ1) is 14.7. The molecule has 0 saturated carbocycles. The molecule has 0 saturated heterocycles. The minimum Gasteiger partial charge on any atom is -0.508 e. The Labute approximate surface area is 187 Å². The molecule has 30 heavy (non-hydrogen) atoms. The Kier molecular flexibility index (Phi) is 5.11. The molecule has 0 radical (unpaired) electrons. The van der Waals surface area contributed by atoms with Gasteiger partial charge in [0.2, 0.25) is 5.13 Å². The molecule has 4 aromatic rings. The fourth-order valence-electron chi connectivity index (χ4n) is 3.65. The average molecular weight is 476 g/mol. The number of hydrogen-bond donors (Lipinski definition) is 1. The lowest BCUT2D eigenvalue weighted by molar-refractivity contribution is 0.461. The highest BCUT2D eigenvalue weighted by molar-refractivity contribution is 9.10. The number of anilines is 1. The molecule has 4 nitrogen and oxygen atoms in total. The van der Waals surface area contributed by atoms with Crippen molar-refractivity contribution >= 4 is 38.1 Å². The monoisotopic (exact) mass is 475 g/mol. The van der Waals surface area contributed by atoms with E-state index >= 15 is 0 Å². The topological polar surface area (TPSA) is 48.7 Å². The van der Waals surface area contributed by atoms with Gasteiger partial charge in [0.1, 0.15) is 5.75 Å². The third-order valence-corrected chi connectivity index (χ3v) is 6.45. The van der Waals surface area contributed by atoms with E-state index in [1.165, 1.54) is 0 Å². The second-order valence-corrected chi connectivity index (χ2v) is 8.81. The number of thiazole rings is 1. The fourth-order valence-corrected chi connectivity index (χ4v) is 4.89. The van der Waals surface area contributed by atoms with E-state index in [-0.39, 0.29) is 11.8 Å². The number of phenols is 1. The van der Waals surface area contributed by atoms with Crippen molar-refractivity contribution in [2.45, 2.75) is 12.5 Å². The highest BCUT2D eigenvalue weighted by atomic mass is 79.9. The summed E-state index contributed by atoms with van der Waals surface area (Å²) in [6.07, 6.45) is 0.702. The second-order valence-electron chi connectivity index (χ2n) is 7.06. The van der Waals surface area contributed by atoms with Gasteiger partial charge in [-0.15, -0.1) is 11.3 Å². The van der Waals surface area contributed by atoms with Gasteiger partial charge in [-0.05, 0) is 23.8 Å². The highest BCUT2D eigenvalue weighted by Crippen LogP contribution is 2.41. The van der Waals surface area contributed by atoms with Crippen LogP contribution in [0, 0.1) is 0 Å². The molecule has 0 fully saturated rings. The first-order valence-electron chi connectivity index (χ1n) is 9.60. The van der Waals surface area contributed by atoms with Crippen molar-refractivity contribution in [1.29, 1.82) is 0 Å². The molecule has 1 aliphatic heterocycles. The molecular formula is C24H18BrN3OS. The van der Waals surface area contributed by atoms with Crippen LogP contribution in [0.4, 0.5) is 5.13 Å². The number of aromatic nitrogens is 1. The van der Waals surface area contributed by atoms with E-state index in [0.29, 0.717) is 6.42 Å². The molecule has 1 N–H and O–H groups in total. The van der Waals surface area contributed by atoms with Gasteiger partial charge in [0.25, 0.3) is 0 Å². The Morgan fingerprint density at radius 2 is 1.70 bits per heavy atom. The summed E-state index contributed by atoms with van der Waals surface area (Å²) in [5.74, 6) is 0.279. The Morgan fingerprint density at radius 1 is 0.933 bits per heavy atom. The summed E-state index contributed by atoms with van der Waals surface area (Å²) in [5.41, 5.74) is 4.90. The number of hydrazone groups is 1. The number of hydrogen-bond acceptors (Lipinski definition) is 5. The van der Waals surface area contributed by atoms with Crippen LogP contribution in [0.5, 0.6) is 5.75 Å². The molecule has 2 heterocycles. The lowest BCUT2D eigenvalue weighted by atomic mass is 9.98. The van der Waals surface area contributed by atoms with Gasteiger partial charge >= 0.3 is 0 Å². The molecule has 6 heteroatoms. The number of rotatable bonds is 4. The summed E-state index contributed by atoms with van der Waals surface area (Å²) in [7, 11) is 0. The summed E-state index contributed by atoms with van der Waals surface area (Å²) in [6, 6.07) is 25.6. The van der Waals surface area contributed by atoms with Crippen LogP contribution in [0.25, 0.3) is 11.3 Å². The van der Waals surface area contributed by atoms with E-state index < -0.39 is 0 Å². The maximum atomic E-state index is 10.5. The minimum atomic E-state index is -0.108. The molecule has 0 bridgehead atoms. The number of nitrogens with zero attached hydrogens (tertiary/aromatic N) is 3. The zero-order valence-corrected chi connectivity index (χ0v) is 18.3. The van der Waals surface area contributed by atoms with Crippen LogP contribution >= 0.6 is 27.3 Å². The Hall–Kier alpha value is -2.96. The van der Waals surface area contributed by atoms with E-state index in [1.54, 1.807) is 17.4 Å². The van der Waals surface area contributed by atoms with Crippen molar-refractivity contribution < 1.29 is 5.11 Å². The predicted octanol–water partition coefficient (Wildman–Crippen LogP) is 6.63. The first-order valence-corrected chi connectivity index (χ1v) is 11.3. The molecule has 1 unspecified atom stereocenters. The summed E-state index contributed by atoms with van der Waals surface area (Å²) >= 11 is 5.09. The van der Waals surface area contributed by atoms with Crippen molar-refractivity contribution in [3.63, 3.8) is 0 Å². The lowest BCUT2D eigenvalue weighted by Gasteiger charge is -2.21. The van der Waals surface area contributed by atoms with Crippen LogP contribution in [-0.4, -0.2) is 15.8 Å². The molecule has 3 aromatic carbocycles. The summed E-state index contributed by atoms with van der Waals surface area (Å²) in [6.45, 7) is 0.